The predicted molar refractivity (Wildman–Crippen MR) is 88.9 cm³/mol. The van der Waals surface area contributed by atoms with Gasteiger partial charge in [-0.15, -0.1) is 0 Å². The van der Waals surface area contributed by atoms with Crippen molar-refractivity contribution in [3.63, 3.8) is 0 Å². The van der Waals surface area contributed by atoms with Crippen LogP contribution in [0.5, 0.6) is 0 Å². The molecular weight excluding hydrogens is 331 g/mol. The van der Waals surface area contributed by atoms with E-state index in [0.717, 1.165) is 6.42 Å². The maximum Gasteiger partial charge on any atom is 0.262 e. The topological polar surface area (TPSA) is 66.5 Å². The molecule has 0 bridgehead atoms. The lowest BCUT2D eigenvalue weighted by atomic mass is 10.1. The lowest BCUT2D eigenvalue weighted by Crippen LogP contribution is -2.42. The molecule has 0 unspecified atom stereocenters. The van der Waals surface area contributed by atoms with Gasteiger partial charge in [0.25, 0.3) is 15.9 Å². The van der Waals surface area contributed by atoms with Gasteiger partial charge in [0.15, 0.2) is 0 Å². The lowest BCUT2D eigenvalue weighted by Gasteiger charge is -2.31. The normalized spacial score (nSPS) is 14.2. The van der Waals surface area contributed by atoms with E-state index in [1.54, 1.807) is 17.9 Å². The molecule has 2 aromatic rings. The number of hydrogen-bond donors (Lipinski definition) is 1. The summed E-state index contributed by atoms with van der Waals surface area (Å²) in [6, 6.07) is 9.87. The highest BCUT2D eigenvalue weighted by Gasteiger charge is 2.25. The first-order valence-corrected chi connectivity index (χ1v) is 9.04. The number of nitrogens with zero attached hydrogens (tertiary/aromatic N) is 1. The summed E-state index contributed by atoms with van der Waals surface area (Å²) in [7, 11) is -3.98. The van der Waals surface area contributed by atoms with Crippen molar-refractivity contribution in [2.75, 3.05) is 17.8 Å². The van der Waals surface area contributed by atoms with Crippen molar-refractivity contribution in [3.05, 3.63) is 59.4 Å². The Bertz CT molecular complexity index is 892. The summed E-state index contributed by atoms with van der Waals surface area (Å²) in [5.74, 6) is -0.841. The Labute approximate surface area is 140 Å². The third-order valence-corrected chi connectivity index (χ3v) is 5.37. The first kappa shape index (κ1) is 16.4. The number of nitrogens with one attached hydrogen (secondary N) is 1. The van der Waals surface area contributed by atoms with Gasteiger partial charge in [0.1, 0.15) is 5.82 Å². The maximum atomic E-state index is 13.7. The molecule has 1 fully saturated rings. The highest BCUT2D eigenvalue weighted by molar-refractivity contribution is 7.92. The summed E-state index contributed by atoms with van der Waals surface area (Å²) in [6.45, 7) is 3.12. The van der Waals surface area contributed by atoms with Crippen LogP contribution in [0.4, 0.5) is 10.1 Å². The van der Waals surface area contributed by atoms with E-state index in [1.807, 2.05) is 0 Å². The summed E-state index contributed by atoms with van der Waals surface area (Å²) >= 11 is 0. The van der Waals surface area contributed by atoms with E-state index in [0.29, 0.717) is 24.2 Å². The minimum atomic E-state index is -3.98. The predicted octanol–water partition coefficient (Wildman–Crippen LogP) is 2.78. The molecule has 3 rings (SSSR count). The molecule has 5 nitrogen and oxygen atoms in total. The molecule has 24 heavy (non-hydrogen) atoms. The van der Waals surface area contributed by atoms with E-state index in [-0.39, 0.29) is 16.5 Å². The Kier molecular flexibility index (Phi) is 4.28. The molecule has 0 aliphatic carbocycles. The zero-order valence-electron chi connectivity index (χ0n) is 13.1. The number of likely N-dealkylation sites (tertiary alicyclic amines) is 1. The van der Waals surface area contributed by atoms with Crippen LogP contribution in [0.2, 0.25) is 0 Å². The number of hydrogen-bond acceptors (Lipinski definition) is 3. The zero-order chi connectivity index (χ0) is 17.3. The van der Waals surface area contributed by atoms with Gasteiger partial charge >= 0.3 is 0 Å². The molecule has 1 aliphatic heterocycles. The molecule has 0 spiro atoms. The third-order valence-electron chi connectivity index (χ3n) is 4.01. The molecule has 0 atom stereocenters. The van der Waals surface area contributed by atoms with E-state index in [1.165, 1.54) is 36.4 Å². The molecule has 0 radical (unpaired) electrons. The van der Waals surface area contributed by atoms with Crippen LogP contribution in [-0.2, 0) is 10.0 Å². The second-order valence-electron chi connectivity index (χ2n) is 5.71. The van der Waals surface area contributed by atoms with Crippen molar-refractivity contribution in [1.82, 2.24) is 4.90 Å². The second-order valence-corrected chi connectivity index (χ2v) is 7.39. The van der Waals surface area contributed by atoms with Crippen molar-refractivity contribution in [2.24, 2.45) is 0 Å². The maximum absolute atomic E-state index is 13.7. The van der Waals surface area contributed by atoms with Crippen molar-refractivity contribution in [3.8, 4) is 0 Å². The van der Waals surface area contributed by atoms with Crippen LogP contribution >= 0.6 is 0 Å². The standard InChI is InChI=1S/C17H17FN2O3S/c1-12-7-8-13(11-14(12)17(21)20-9-4-10-20)24(22,23)19-16-6-3-2-5-15(16)18/h2-3,5-8,11,19H,4,9-10H2,1H3. The van der Waals surface area contributed by atoms with Gasteiger partial charge in [-0.2, -0.15) is 0 Å². The van der Waals surface area contributed by atoms with Gasteiger partial charge in [-0.25, -0.2) is 12.8 Å². The number of para-hydroxylation sites is 1. The fraction of sp³-hybridized carbons (Fsp3) is 0.235. The zero-order valence-corrected chi connectivity index (χ0v) is 13.9. The SMILES string of the molecule is Cc1ccc(S(=O)(=O)Nc2ccccc2F)cc1C(=O)N1CCC1. The molecule has 0 aromatic heterocycles. The molecule has 1 amide bonds. The summed E-state index contributed by atoms with van der Waals surface area (Å²) < 4.78 is 40.9. The number of anilines is 1. The Morgan fingerprint density at radius 1 is 1.17 bits per heavy atom. The summed E-state index contributed by atoms with van der Waals surface area (Å²) in [6.07, 6.45) is 0.956. The molecular formula is C17H17FN2O3S. The van der Waals surface area contributed by atoms with Gasteiger partial charge in [-0.05, 0) is 43.2 Å². The fourth-order valence-corrected chi connectivity index (χ4v) is 3.53. The quantitative estimate of drug-likeness (QED) is 0.924. The number of rotatable bonds is 4. The van der Waals surface area contributed by atoms with Gasteiger partial charge in [-0.3, -0.25) is 9.52 Å². The van der Waals surface area contributed by atoms with Crippen LogP contribution in [0.25, 0.3) is 0 Å². The number of aryl methyl sites for hydroxylation is 1. The van der Waals surface area contributed by atoms with Crippen LogP contribution in [0.1, 0.15) is 22.3 Å². The average molecular weight is 348 g/mol. The molecule has 7 heteroatoms. The van der Waals surface area contributed by atoms with Crippen molar-refractivity contribution in [1.29, 1.82) is 0 Å². The van der Waals surface area contributed by atoms with E-state index in [2.05, 4.69) is 4.72 Å². The second kappa shape index (κ2) is 6.24. The largest absolute Gasteiger partial charge is 0.339 e. The third kappa shape index (κ3) is 3.12. The monoisotopic (exact) mass is 348 g/mol. The molecule has 2 aromatic carbocycles. The highest BCUT2D eigenvalue weighted by atomic mass is 32.2. The minimum absolute atomic E-state index is 0.0692. The molecule has 1 saturated heterocycles. The van der Waals surface area contributed by atoms with Crippen LogP contribution in [0.3, 0.4) is 0 Å². The fourth-order valence-electron chi connectivity index (χ4n) is 2.44. The van der Waals surface area contributed by atoms with Crippen molar-refractivity contribution < 1.29 is 17.6 Å². The van der Waals surface area contributed by atoms with Gasteiger partial charge < -0.3 is 4.90 Å². The number of carbonyl (C=O) groups excluding carboxylic acids is 1. The van der Waals surface area contributed by atoms with Gasteiger partial charge in [0.2, 0.25) is 0 Å². The van der Waals surface area contributed by atoms with E-state index in [4.69, 9.17) is 0 Å². The number of sulfonamides is 1. The smallest absolute Gasteiger partial charge is 0.262 e. The molecule has 126 valence electrons. The van der Waals surface area contributed by atoms with Gasteiger partial charge in [0, 0.05) is 18.7 Å². The summed E-state index contributed by atoms with van der Waals surface area (Å²) in [4.78, 5) is 14.0. The van der Waals surface area contributed by atoms with Crippen LogP contribution in [0.15, 0.2) is 47.4 Å². The minimum Gasteiger partial charge on any atom is -0.339 e. The molecule has 0 saturated carbocycles. The van der Waals surface area contributed by atoms with Gasteiger partial charge in [0.05, 0.1) is 10.6 Å². The number of halogens is 1. The summed E-state index contributed by atoms with van der Waals surface area (Å²) in [5, 5.41) is 0. The lowest BCUT2D eigenvalue weighted by molar-refractivity contribution is 0.0651. The van der Waals surface area contributed by atoms with Crippen molar-refractivity contribution >= 4 is 21.6 Å². The average Bonchev–Trinajstić information content (AvgIpc) is 2.48. The first-order chi connectivity index (χ1) is 11.4. The highest BCUT2D eigenvalue weighted by Crippen LogP contribution is 2.23. The molecule has 1 aliphatic rings. The van der Waals surface area contributed by atoms with Crippen LogP contribution in [-0.4, -0.2) is 32.3 Å². The first-order valence-electron chi connectivity index (χ1n) is 7.56. The Balaban J connectivity index is 1.93. The number of benzene rings is 2. The van der Waals surface area contributed by atoms with Crippen molar-refractivity contribution in [2.45, 2.75) is 18.2 Å². The molecule has 1 N–H and O–H groups in total. The Morgan fingerprint density at radius 3 is 2.50 bits per heavy atom. The van der Waals surface area contributed by atoms with E-state index in [9.17, 15) is 17.6 Å². The van der Waals surface area contributed by atoms with Crippen LogP contribution < -0.4 is 4.72 Å². The Morgan fingerprint density at radius 2 is 1.88 bits per heavy atom. The molecule has 1 heterocycles. The van der Waals surface area contributed by atoms with Gasteiger partial charge in [-0.1, -0.05) is 18.2 Å². The Hall–Kier alpha value is -2.41. The van der Waals surface area contributed by atoms with E-state index >= 15 is 0 Å². The summed E-state index contributed by atoms with van der Waals surface area (Å²) in [5.41, 5.74) is 0.927. The van der Waals surface area contributed by atoms with E-state index < -0.39 is 15.8 Å². The van der Waals surface area contributed by atoms with Crippen LogP contribution in [0, 0.1) is 12.7 Å². The number of amides is 1. The number of carbonyl (C=O) groups is 1.